The second kappa shape index (κ2) is 54.9. The summed E-state index contributed by atoms with van der Waals surface area (Å²) in [6.45, 7) is 6.46. The van der Waals surface area contributed by atoms with Gasteiger partial charge in [-0.3, -0.25) is 14.4 Å². The molecule has 0 aliphatic heterocycles. The molecule has 0 aromatic rings. The molecule has 0 radical (unpaired) electrons. The molecular formula is C61H102O6. The summed E-state index contributed by atoms with van der Waals surface area (Å²) >= 11 is 0. The predicted molar refractivity (Wildman–Crippen MR) is 288 cm³/mol. The summed E-state index contributed by atoms with van der Waals surface area (Å²) in [5, 5.41) is 0. The van der Waals surface area contributed by atoms with Gasteiger partial charge < -0.3 is 14.2 Å². The van der Waals surface area contributed by atoms with Crippen LogP contribution in [0.1, 0.15) is 252 Å². The topological polar surface area (TPSA) is 78.9 Å². The smallest absolute Gasteiger partial charge is 0.306 e. The third-order valence-corrected chi connectivity index (χ3v) is 11.6. The normalized spacial score (nSPS) is 12.8. The lowest BCUT2D eigenvalue weighted by Crippen LogP contribution is -2.30. The number of carbonyl (C=O) groups is 3. The molecule has 0 N–H and O–H groups in total. The number of esters is 3. The Kier molecular flexibility index (Phi) is 51.9. The van der Waals surface area contributed by atoms with E-state index in [1.807, 2.05) is 0 Å². The number of unbranched alkanes of at least 4 members (excludes halogenated alkanes) is 22. The van der Waals surface area contributed by atoms with E-state index in [0.717, 1.165) is 122 Å². The Balaban J connectivity index is 4.34. The van der Waals surface area contributed by atoms with Gasteiger partial charge >= 0.3 is 17.9 Å². The van der Waals surface area contributed by atoms with Crippen molar-refractivity contribution in [1.29, 1.82) is 0 Å². The zero-order valence-electron chi connectivity index (χ0n) is 43.6. The van der Waals surface area contributed by atoms with E-state index in [0.29, 0.717) is 19.3 Å². The number of ether oxygens (including phenoxy) is 3. The van der Waals surface area contributed by atoms with Crippen molar-refractivity contribution in [3.05, 3.63) is 97.2 Å². The highest BCUT2D eigenvalue weighted by atomic mass is 16.6. The zero-order valence-corrected chi connectivity index (χ0v) is 43.6. The predicted octanol–water partition coefficient (Wildman–Crippen LogP) is 18.5. The van der Waals surface area contributed by atoms with Crippen LogP contribution < -0.4 is 0 Å². The monoisotopic (exact) mass is 931 g/mol. The Labute approximate surface area is 413 Å². The lowest BCUT2D eigenvalue weighted by atomic mass is 10.1. The Hall–Kier alpha value is -3.67. The van der Waals surface area contributed by atoms with E-state index < -0.39 is 6.10 Å². The van der Waals surface area contributed by atoms with Crippen LogP contribution in [0.5, 0.6) is 0 Å². The van der Waals surface area contributed by atoms with Gasteiger partial charge in [-0.15, -0.1) is 0 Å². The van der Waals surface area contributed by atoms with Gasteiger partial charge in [0, 0.05) is 19.3 Å². The highest BCUT2D eigenvalue weighted by Gasteiger charge is 2.19. The fourth-order valence-corrected chi connectivity index (χ4v) is 7.42. The summed E-state index contributed by atoms with van der Waals surface area (Å²) in [6, 6.07) is 0. The minimum absolute atomic E-state index is 0.0910. The van der Waals surface area contributed by atoms with Crippen LogP contribution in [0, 0.1) is 0 Å². The van der Waals surface area contributed by atoms with E-state index in [1.54, 1.807) is 0 Å². The number of allylic oxidation sites excluding steroid dienone is 16. The molecule has 1 unspecified atom stereocenters. The standard InChI is InChI=1S/C61H102O6/c1-4-7-10-13-16-19-21-23-25-27-28-29-30-31-32-33-34-35-37-38-40-42-45-48-51-54-60(63)66-57-58(56-65-59(62)53-50-47-44-18-15-12-9-6-3)67-61(64)55-52-49-46-43-41-39-36-26-24-22-20-17-14-11-8-5-2/h7,10,16,19,23,25-26,28-29,31-32,34-36,38,40,58H,4-6,8-9,11-15,17-18,20-22,24,27,30,33,37,39,41-57H2,1-3H3/b10-7-,19-16-,25-23-,29-28-,32-31-,35-34-,36-26-,40-38-. The molecule has 6 nitrogen and oxygen atoms in total. The summed E-state index contributed by atoms with van der Waals surface area (Å²) in [5.74, 6) is -0.938. The van der Waals surface area contributed by atoms with Gasteiger partial charge in [0.25, 0.3) is 0 Å². The quantitative estimate of drug-likeness (QED) is 0.0262. The third-order valence-electron chi connectivity index (χ3n) is 11.6. The maximum atomic E-state index is 12.8. The molecule has 0 aromatic heterocycles. The summed E-state index contributed by atoms with van der Waals surface area (Å²) in [6.07, 6.45) is 72.6. The third kappa shape index (κ3) is 53.2. The lowest BCUT2D eigenvalue weighted by molar-refractivity contribution is -0.167. The van der Waals surface area contributed by atoms with Crippen molar-refractivity contribution in [3.63, 3.8) is 0 Å². The highest BCUT2D eigenvalue weighted by Crippen LogP contribution is 2.14. The van der Waals surface area contributed by atoms with Gasteiger partial charge in [-0.1, -0.05) is 227 Å². The minimum atomic E-state index is -0.793. The Morgan fingerprint density at radius 3 is 0.940 bits per heavy atom. The van der Waals surface area contributed by atoms with Gasteiger partial charge in [-0.05, 0) is 103 Å². The molecule has 0 aliphatic carbocycles. The summed E-state index contributed by atoms with van der Waals surface area (Å²) < 4.78 is 16.7. The molecule has 0 spiro atoms. The van der Waals surface area contributed by atoms with Gasteiger partial charge in [-0.25, -0.2) is 0 Å². The molecule has 0 bridgehead atoms. The number of hydrogen-bond acceptors (Lipinski definition) is 6. The SMILES string of the molecule is CC/C=C\C/C=C\C/C=C\C/C=C\C/C=C\C/C=C\C/C=C\CCCCCC(=O)OCC(COC(=O)CCCCCCCCCC)OC(=O)CCCCCCC/C=C\CCCCCCCCC. The Morgan fingerprint density at radius 1 is 0.313 bits per heavy atom. The number of rotatable bonds is 49. The zero-order chi connectivity index (χ0) is 48.6. The molecule has 0 aliphatic rings. The van der Waals surface area contributed by atoms with Crippen LogP contribution >= 0.6 is 0 Å². The number of hydrogen-bond donors (Lipinski definition) is 0. The first-order valence-electron chi connectivity index (χ1n) is 27.7. The Bertz CT molecular complexity index is 1350. The van der Waals surface area contributed by atoms with Crippen molar-refractivity contribution in [2.75, 3.05) is 13.2 Å². The first-order chi connectivity index (χ1) is 33.0. The maximum Gasteiger partial charge on any atom is 0.306 e. The van der Waals surface area contributed by atoms with Crippen molar-refractivity contribution in [2.24, 2.45) is 0 Å². The molecule has 0 fully saturated rings. The average molecular weight is 931 g/mol. The van der Waals surface area contributed by atoms with Crippen molar-refractivity contribution in [3.8, 4) is 0 Å². The van der Waals surface area contributed by atoms with Gasteiger partial charge in [0.15, 0.2) is 6.10 Å². The molecule has 0 amide bonds. The molecule has 67 heavy (non-hydrogen) atoms. The minimum Gasteiger partial charge on any atom is -0.462 e. The first-order valence-corrected chi connectivity index (χ1v) is 27.7. The summed E-state index contributed by atoms with van der Waals surface area (Å²) in [7, 11) is 0. The lowest BCUT2D eigenvalue weighted by Gasteiger charge is -2.18. The van der Waals surface area contributed by atoms with Crippen LogP contribution in [0.2, 0.25) is 0 Å². The average Bonchev–Trinajstić information content (AvgIpc) is 3.33. The van der Waals surface area contributed by atoms with E-state index in [1.165, 1.54) is 89.9 Å². The molecule has 0 heterocycles. The van der Waals surface area contributed by atoms with Crippen molar-refractivity contribution in [1.82, 2.24) is 0 Å². The Morgan fingerprint density at radius 2 is 0.582 bits per heavy atom. The molecule has 1 atom stereocenters. The van der Waals surface area contributed by atoms with Gasteiger partial charge in [0.1, 0.15) is 13.2 Å². The van der Waals surface area contributed by atoms with Crippen molar-refractivity contribution < 1.29 is 28.6 Å². The summed E-state index contributed by atoms with van der Waals surface area (Å²) in [4.78, 5) is 37.9. The molecule has 0 aromatic carbocycles. The van der Waals surface area contributed by atoms with Crippen LogP contribution in [0.25, 0.3) is 0 Å². The van der Waals surface area contributed by atoms with E-state index in [2.05, 4.69) is 118 Å². The van der Waals surface area contributed by atoms with Crippen LogP contribution in [0.15, 0.2) is 97.2 Å². The summed E-state index contributed by atoms with van der Waals surface area (Å²) in [5.41, 5.74) is 0. The molecule has 6 heteroatoms. The van der Waals surface area contributed by atoms with Crippen LogP contribution in [-0.4, -0.2) is 37.2 Å². The van der Waals surface area contributed by atoms with Gasteiger partial charge in [-0.2, -0.15) is 0 Å². The molecular weight excluding hydrogens is 829 g/mol. The molecule has 0 saturated heterocycles. The van der Waals surface area contributed by atoms with Gasteiger partial charge in [0.05, 0.1) is 0 Å². The molecule has 382 valence electrons. The van der Waals surface area contributed by atoms with Crippen LogP contribution in [0.3, 0.4) is 0 Å². The van der Waals surface area contributed by atoms with E-state index in [9.17, 15) is 14.4 Å². The fraction of sp³-hybridized carbons (Fsp3) is 0.689. The second-order valence-electron chi connectivity index (χ2n) is 18.1. The van der Waals surface area contributed by atoms with Gasteiger partial charge in [0.2, 0.25) is 0 Å². The van der Waals surface area contributed by atoms with Crippen LogP contribution in [0.4, 0.5) is 0 Å². The van der Waals surface area contributed by atoms with E-state index in [4.69, 9.17) is 14.2 Å². The highest BCUT2D eigenvalue weighted by molar-refractivity contribution is 5.71. The second-order valence-corrected chi connectivity index (χ2v) is 18.1. The van der Waals surface area contributed by atoms with E-state index in [-0.39, 0.29) is 31.1 Å². The first kappa shape index (κ1) is 63.3. The van der Waals surface area contributed by atoms with Crippen molar-refractivity contribution >= 4 is 17.9 Å². The van der Waals surface area contributed by atoms with Crippen LogP contribution in [-0.2, 0) is 28.6 Å². The number of carbonyl (C=O) groups excluding carboxylic acids is 3. The largest absolute Gasteiger partial charge is 0.462 e. The fourth-order valence-electron chi connectivity index (χ4n) is 7.42. The van der Waals surface area contributed by atoms with E-state index >= 15 is 0 Å². The maximum absolute atomic E-state index is 12.8. The molecule has 0 rings (SSSR count). The molecule has 0 saturated carbocycles. The van der Waals surface area contributed by atoms with Crippen molar-refractivity contribution in [2.45, 2.75) is 258 Å².